The van der Waals surface area contributed by atoms with Gasteiger partial charge in [0.15, 0.2) is 0 Å². The summed E-state index contributed by atoms with van der Waals surface area (Å²) < 4.78 is 23.0. The molecule has 10 heteroatoms. The minimum atomic E-state index is -4.54. The lowest BCUT2D eigenvalue weighted by atomic mass is 9.69. The van der Waals surface area contributed by atoms with Crippen molar-refractivity contribution in [2.45, 2.75) is 30.8 Å². The Bertz CT molecular complexity index is 418. The second kappa shape index (κ2) is 6.55. The number of rotatable bonds is 8. The summed E-state index contributed by atoms with van der Waals surface area (Å²) in [6, 6.07) is 0. The first-order valence-corrected chi connectivity index (χ1v) is 10.00. The second-order valence-corrected chi connectivity index (χ2v) is 9.17. The van der Waals surface area contributed by atoms with Crippen LogP contribution in [0.4, 0.5) is 0 Å². The largest absolute Gasteiger partial charge is 0.333 e. The summed E-state index contributed by atoms with van der Waals surface area (Å²) in [6.45, 7) is -0.288. The summed E-state index contributed by atoms with van der Waals surface area (Å²) in [5, 5.41) is -1.46. The Hall–Kier alpha value is 0.220. The highest BCUT2D eigenvalue weighted by Gasteiger charge is 2.57. The van der Waals surface area contributed by atoms with Gasteiger partial charge < -0.3 is 31.0 Å². The van der Waals surface area contributed by atoms with Crippen molar-refractivity contribution in [3.8, 4) is 0 Å². The third-order valence-corrected chi connectivity index (χ3v) is 7.28. The van der Waals surface area contributed by atoms with Crippen molar-refractivity contribution in [1.82, 2.24) is 0 Å². The van der Waals surface area contributed by atoms with Gasteiger partial charge in [-0.1, -0.05) is 6.42 Å². The van der Waals surface area contributed by atoms with E-state index in [2.05, 4.69) is 0 Å². The lowest BCUT2D eigenvalue weighted by Gasteiger charge is -2.49. The molecule has 0 aromatic rings. The topological polar surface area (TPSA) is 167 Å². The van der Waals surface area contributed by atoms with Crippen LogP contribution in [0.5, 0.6) is 0 Å². The molecule has 0 spiro atoms. The molecule has 1 saturated carbocycles. The van der Waals surface area contributed by atoms with Gasteiger partial charge in [0, 0.05) is 6.54 Å². The zero-order valence-electron chi connectivity index (χ0n) is 11.3. The number of hydrogen-bond acceptors (Lipinski definition) is 4. The SMILES string of the molecule is NCC(CCP(=O)(O)O)C(CN)(C1CCC1)P(=O)(O)O. The molecule has 0 aliphatic heterocycles. The standard InChI is InChI=1S/C10H24N2O6P2/c11-6-9(4-5-19(13,14)15)10(7-12,20(16,17)18)8-2-1-3-8/h8-9H,1-7,11-12H2,(H2,13,14,15)(H2,16,17,18). The molecule has 0 heterocycles. The van der Waals surface area contributed by atoms with Crippen molar-refractivity contribution in [2.24, 2.45) is 23.3 Å². The van der Waals surface area contributed by atoms with Crippen LogP contribution in [-0.4, -0.2) is 44.0 Å². The molecule has 20 heavy (non-hydrogen) atoms. The van der Waals surface area contributed by atoms with E-state index in [0.29, 0.717) is 12.8 Å². The van der Waals surface area contributed by atoms with Crippen molar-refractivity contribution in [3.63, 3.8) is 0 Å². The smallest absolute Gasteiger partial charge is 0.330 e. The Morgan fingerprint density at radius 1 is 1.15 bits per heavy atom. The summed E-state index contributed by atoms with van der Waals surface area (Å²) in [5.74, 6) is -0.940. The summed E-state index contributed by atoms with van der Waals surface area (Å²) in [7, 11) is -8.78. The Labute approximate surface area is 118 Å². The molecule has 0 amide bonds. The van der Waals surface area contributed by atoms with E-state index < -0.39 is 32.4 Å². The third-order valence-electron chi connectivity index (χ3n) is 4.44. The summed E-state index contributed by atoms with van der Waals surface area (Å²) in [4.78, 5) is 37.5. The molecule has 8 nitrogen and oxygen atoms in total. The van der Waals surface area contributed by atoms with Crippen molar-refractivity contribution in [1.29, 1.82) is 0 Å². The van der Waals surface area contributed by atoms with Gasteiger partial charge in [-0.15, -0.1) is 0 Å². The Kier molecular flexibility index (Phi) is 5.98. The van der Waals surface area contributed by atoms with Crippen LogP contribution in [-0.2, 0) is 9.13 Å². The van der Waals surface area contributed by atoms with Gasteiger partial charge in [0.05, 0.1) is 11.3 Å². The monoisotopic (exact) mass is 330 g/mol. The molecule has 1 fully saturated rings. The van der Waals surface area contributed by atoms with Crippen LogP contribution in [0.2, 0.25) is 0 Å². The highest BCUT2D eigenvalue weighted by atomic mass is 31.2. The second-order valence-electron chi connectivity index (χ2n) is 5.48. The maximum Gasteiger partial charge on any atom is 0.333 e. The van der Waals surface area contributed by atoms with E-state index in [1.54, 1.807) is 0 Å². The average Bonchev–Trinajstić information content (AvgIpc) is 2.22. The van der Waals surface area contributed by atoms with Crippen LogP contribution in [0, 0.1) is 11.8 Å². The van der Waals surface area contributed by atoms with E-state index in [4.69, 9.17) is 21.3 Å². The van der Waals surface area contributed by atoms with Gasteiger partial charge in [-0.2, -0.15) is 0 Å². The van der Waals surface area contributed by atoms with Crippen LogP contribution in [0.25, 0.3) is 0 Å². The van der Waals surface area contributed by atoms with Gasteiger partial charge in [-0.3, -0.25) is 9.13 Å². The van der Waals surface area contributed by atoms with Gasteiger partial charge >= 0.3 is 15.2 Å². The Morgan fingerprint density at radius 3 is 1.95 bits per heavy atom. The quantitative estimate of drug-likeness (QED) is 0.333. The summed E-state index contributed by atoms with van der Waals surface area (Å²) >= 11 is 0. The minimum Gasteiger partial charge on any atom is -0.330 e. The van der Waals surface area contributed by atoms with Crippen LogP contribution in [0.1, 0.15) is 25.7 Å². The van der Waals surface area contributed by atoms with Crippen molar-refractivity contribution in [3.05, 3.63) is 0 Å². The zero-order valence-corrected chi connectivity index (χ0v) is 13.0. The zero-order chi connectivity index (χ0) is 15.6. The molecule has 0 aromatic heterocycles. The Morgan fingerprint density at radius 2 is 1.70 bits per heavy atom. The van der Waals surface area contributed by atoms with E-state index in [1.165, 1.54) is 0 Å². The lowest BCUT2D eigenvalue weighted by Crippen LogP contribution is -2.55. The maximum atomic E-state index is 12.0. The minimum absolute atomic E-state index is 0.0421. The highest BCUT2D eigenvalue weighted by Crippen LogP contribution is 2.63. The molecule has 2 unspecified atom stereocenters. The first-order valence-electron chi connectivity index (χ1n) is 6.59. The lowest BCUT2D eigenvalue weighted by molar-refractivity contribution is 0.140. The molecule has 0 radical (unpaired) electrons. The van der Waals surface area contributed by atoms with Gasteiger partial charge in [-0.25, -0.2) is 0 Å². The fourth-order valence-electron chi connectivity index (χ4n) is 3.07. The van der Waals surface area contributed by atoms with Gasteiger partial charge in [-0.05, 0) is 37.6 Å². The molecule has 0 saturated heterocycles. The van der Waals surface area contributed by atoms with Crippen LogP contribution in [0.15, 0.2) is 0 Å². The van der Waals surface area contributed by atoms with Gasteiger partial charge in [0.2, 0.25) is 0 Å². The molecule has 1 aliphatic carbocycles. The fourth-order valence-corrected chi connectivity index (χ4v) is 5.40. The summed E-state index contributed by atoms with van der Waals surface area (Å²) in [6.07, 6.45) is 1.72. The van der Waals surface area contributed by atoms with Crippen LogP contribution < -0.4 is 11.5 Å². The molecular weight excluding hydrogens is 306 g/mol. The van der Waals surface area contributed by atoms with Crippen LogP contribution in [0.3, 0.4) is 0 Å². The number of hydrogen-bond donors (Lipinski definition) is 6. The van der Waals surface area contributed by atoms with E-state index >= 15 is 0 Å². The maximum absolute atomic E-state index is 12.0. The third kappa shape index (κ3) is 3.70. The molecule has 0 aromatic carbocycles. The predicted octanol–water partition coefficient (Wildman–Crippen LogP) is -0.196. The molecule has 1 rings (SSSR count). The highest BCUT2D eigenvalue weighted by molar-refractivity contribution is 7.53. The average molecular weight is 330 g/mol. The van der Waals surface area contributed by atoms with E-state index in [-0.39, 0.29) is 25.4 Å². The first-order chi connectivity index (χ1) is 9.08. The van der Waals surface area contributed by atoms with Crippen molar-refractivity contribution >= 4 is 15.2 Å². The molecule has 8 N–H and O–H groups in total. The van der Waals surface area contributed by atoms with E-state index in [9.17, 15) is 18.9 Å². The molecular formula is C10H24N2O6P2. The number of nitrogens with two attached hydrogens (primary N) is 2. The van der Waals surface area contributed by atoms with Crippen molar-refractivity contribution in [2.75, 3.05) is 19.3 Å². The molecule has 2 atom stereocenters. The van der Waals surface area contributed by atoms with Crippen molar-refractivity contribution < 1.29 is 28.7 Å². The van der Waals surface area contributed by atoms with Gasteiger partial charge in [0.25, 0.3) is 0 Å². The molecule has 0 bridgehead atoms. The fraction of sp³-hybridized carbons (Fsp3) is 1.00. The Balaban J connectivity index is 3.06. The van der Waals surface area contributed by atoms with E-state index in [0.717, 1.165) is 6.42 Å². The van der Waals surface area contributed by atoms with Gasteiger partial charge in [0.1, 0.15) is 0 Å². The molecule has 1 aliphatic rings. The van der Waals surface area contributed by atoms with E-state index in [1.807, 2.05) is 0 Å². The molecule has 120 valence electrons. The first kappa shape index (κ1) is 18.3. The summed E-state index contributed by atoms with van der Waals surface area (Å²) in [5.41, 5.74) is 11.3. The predicted molar refractivity (Wildman–Crippen MR) is 75.2 cm³/mol. The van der Waals surface area contributed by atoms with Crippen LogP contribution >= 0.6 is 15.2 Å². The normalized spacial score (nSPS) is 22.1.